The van der Waals surface area contributed by atoms with Crippen LogP contribution in [0.15, 0.2) is 16.5 Å². The van der Waals surface area contributed by atoms with Crippen molar-refractivity contribution in [3.8, 4) is 0 Å². The summed E-state index contributed by atoms with van der Waals surface area (Å²) >= 11 is 18.1. The summed E-state index contributed by atoms with van der Waals surface area (Å²) < 4.78 is 4.37. The third kappa shape index (κ3) is 2.24. The molecule has 0 atom stereocenters. The van der Waals surface area contributed by atoms with Gasteiger partial charge in [-0.1, -0.05) is 23.2 Å². The van der Waals surface area contributed by atoms with Gasteiger partial charge in [-0.25, -0.2) is 0 Å². The molecule has 11 heavy (non-hydrogen) atoms. The van der Waals surface area contributed by atoms with Crippen molar-refractivity contribution >= 4 is 63.9 Å². The van der Waals surface area contributed by atoms with E-state index >= 15 is 0 Å². The molecule has 0 aliphatic rings. The zero-order chi connectivity index (χ0) is 8.43. The lowest BCUT2D eigenvalue weighted by atomic mass is 10.3. The Labute approximate surface area is 93.4 Å². The van der Waals surface area contributed by atoms with Crippen LogP contribution in [-0.2, 0) is 12.4 Å². The van der Waals surface area contributed by atoms with Crippen molar-refractivity contribution < 1.29 is 0 Å². The van der Waals surface area contributed by atoms with E-state index in [9.17, 15) is 0 Å². The first-order chi connectivity index (χ1) is 5.15. The first kappa shape index (κ1) is 9.64. The normalized spacial score (nSPS) is 9.73. The van der Waals surface area contributed by atoms with Gasteiger partial charge in [0.1, 0.15) is 0 Å². The SMILES string of the molecule is S=Nc1cc(Cl)c(I)c(Cl)c1. The number of rotatable bonds is 1. The molecule has 1 aromatic carbocycles. The maximum absolute atomic E-state index is 5.80. The molecule has 0 spiro atoms. The molecule has 0 amide bonds. The van der Waals surface area contributed by atoms with E-state index in [0.29, 0.717) is 15.7 Å². The molecule has 0 saturated carbocycles. The minimum atomic E-state index is 0.585. The van der Waals surface area contributed by atoms with Gasteiger partial charge in [0.25, 0.3) is 0 Å². The average molecular weight is 318 g/mol. The molecular formula is C6H2Cl2INS. The van der Waals surface area contributed by atoms with E-state index in [1.165, 1.54) is 0 Å². The molecule has 0 radical (unpaired) electrons. The monoisotopic (exact) mass is 317 g/mol. The standard InChI is InChI=1S/C6H2Cl2INS/c7-4-1-3(10-11)2-5(8)6(4)9/h1-2H. The third-order valence-corrected chi connectivity index (χ3v) is 3.68. The summed E-state index contributed by atoms with van der Waals surface area (Å²) in [6.45, 7) is 0. The molecule has 0 aliphatic heterocycles. The van der Waals surface area contributed by atoms with Gasteiger partial charge in [-0.15, -0.1) is 0 Å². The fourth-order valence-corrected chi connectivity index (χ4v) is 1.49. The van der Waals surface area contributed by atoms with Gasteiger partial charge in [0, 0.05) is 12.4 Å². The Morgan fingerprint density at radius 2 is 1.73 bits per heavy atom. The van der Waals surface area contributed by atoms with Crippen LogP contribution >= 0.6 is 45.8 Å². The highest BCUT2D eigenvalue weighted by Crippen LogP contribution is 2.31. The second-order valence-corrected chi connectivity index (χ2v) is 3.89. The number of hydrogen-bond donors (Lipinski definition) is 0. The third-order valence-electron chi connectivity index (χ3n) is 1.07. The zero-order valence-corrected chi connectivity index (χ0v) is 9.63. The van der Waals surface area contributed by atoms with Crippen LogP contribution in [0.3, 0.4) is 0 Å². The van der Waals surface area contributed by atoms with Crippen molar-refractivity contribution in [2.75, 3.05) is 0 Å². The summed E-state index contributed by atoms with van der Waals surface area (Å²) in [4.78, 5) is 0. The fraction of sp³-hybridized carbons (Fsp3) is 0. The van der Waals surface area contributed by atoms with Gasteiger partial charge in [-0.05, 0) is 34.7 Å². The first-order valence-electron chi connectivity index (χ1n) is 2.63. The fourth-order valence-electron chi connectivity index (χ4n) is 0.595. The molecule has 0 heterocycles. The summed E-state index contributed by atoms with van der Waals surface area (Å²) in [5.41, 5.74) is 0.621. The van der Waals surface area contributed by atoms with E-state index in [4.69, 9.17) is 23.2 Å². The Kier molecular flexibility index (Phi) is 3.49. The van der Waals surface area contributed by atoms with Gasteiger partial charge < -0.3 is 0 Å². The van der Waals surface area contributed by atoms with Crippen LogP contribution in [0.25, 0.3) is 0 Å². The molecular weight excluding hydrogens is 316 g/mol. The lowest BCUT2D eigenvalue weighted by molar-refractivity contribution is 1.55. The predicted molar refractivity (Wildman–Crippen MR) is 58.6 cm³/mol. The second-order valence-electron chi connectivity index (χ2n) is 1.81. The topological polar surface area (TPSA) is 12.4 Å². The molecule has 5 heteroatoms. The first-order valence-corrected chi connectivity index (χ1v) is 4.83. The highest BCUT2D eigenvalue weighted by atomic mass is 127. The van der Waals surface area contributed by atoms with E-state index in [0.717, 1.165) is 3.57 Å². The average Bonchev–Trinajstić information content (AvgIpc) is 1.99. The van der Waals surface area contributed by atoms with Crippen LogP contribution in [0.5, 0.6) is 0 Å². The van der Waals surface area contributed by atoms with Crippen LogP contribution in [0.1, 0.15) is 0 Å². The van der Waals surface area contributed by atoms with Gasteiger partial charge in [-0.3, -0.25) is 0 Å². The lowest BCUT2D eigenvalue weighted by Crippen LogP contribution is -1.75. The molecule has 1 nitrogen and oxygen atoms in total. The maximum atomic E-state index is 5.80. The smallest absolute Gasteiger partial charge is 0.0799 e. The second kappa shape index (κ2) is 3.98. The van der Waals surface area contributed by atoms with Gasteiger partial charge in [-0.2, -0.15) is 4.36 Å². The Hall–Kier alpha value is 0.550. The maximum Gasteiger partial charge on any atom is 0.0799 e. The number of benzene rings is 1. The van der Waals surface area contributed by atoms with Crippen molar-refractivity contribution in [3.63, 3.8) is 0 Å². The molecule has 1 aromatic rings. The summed E-state index contributed by atoms with van der Waals surface area (Å²) in [5, 5.41) is 1.17. The molecule has 0 saturated heterocycles. The zero-order valence-electron chi connectivity index (χ0n) is 5.14. The minimum absolute atomic E-state index is 0.585. The highest BCUT2D eigenvalue weighted by molar-refractivity contribution is 14.1. The van der Waals surface area contributed by atoms with Crippen molar-refractivity contribution in [2.24, 2.45) is 4.36 Å². The van der Waals surface area contributed by atoms with Crippen LogP contribution in [-0.4, -0.2) is 0 Å². The number of hydrogen-bond acceptors (Lipinski definition) is 2. The summed E-state index contributed by atoms with van der Waals surface area (Å²) in [6, 6.07) is 3.37. The van der Waals surface area contributed by atoms with Crippen LogP contribution in [0, 0.1) is 3.57 Å². The van der Waals surface area contributed by atoms with Crippen LogP contribution in [0.4, 0.5) is 5.69 Å². The van der Waals surface area contributed by atoms with Gasteiger partial charge in [0.15, 0.2) is 0 Å². The highest BCUT2D eigenvalue weighted by Gasteiger charge is 2.03. The van der Waals surface area contributed by atoms with E-state index in [1.54, 1.807) is 12.1 Å². The molecule has 0 aromatic heterocycles. The largest absolute Gasteiger partial charge is 0.182 e. The van der Waals surface area contributed by atoms with Crippen molar-refractivity contribution in [2.45, 2.75) is 0 Å². The summed E-state index contributed by atoms with van der Waals surface area (Å²) in [7, 11) is 0. The van der Waals surface area contributed by atoms with E-state index in [2.05, 4.69) is 39.4 Å². The molecule has 0 N–H and O–H groups in total. The van der Waals surface area contributed by atoms with Gasteiger partial charge in [0.2, 0.25) is 0 Å². The quantitative estimate of drug-likeness (QED) is 0.564. The van der Waals surface area contributed by atoms with Crippen molar-refractivity contribution in [1.29, 1.82) is 0 Å². The Balaban J connectivity index is 3.31. The lowest BCUT2D eigenvalue weighted by Gasteiger charge is -1.99. The molecule has 0 fully saturated rings. The van der Waals surface area contributed by atoms with E-state index in [1.807, 2.05) is 0 Å². The molecule has 0 bridgehead atoms. The summed E-state index contributed by atoms with van der Waals surface area (Å²) in [6.07, 6.45) is 0. The van der Waals surface area contributed by atoms with E-state index in [-0.39, 0.29) is 0 Å². The number of nitrogens with zero attached hydrogens (tertiary/aromatic N) is 1. The predicted octanol–water partition coefficient (Wildman–Crippen LogP) is 3.96. The number of halogens is 3. The molecule has 0 aliphatic carbocycles. The molecule has 1 rings (SSSR count). The van der Waals surface area contributed by atoms with Crippen molar-refractivity contribution in [1.82, 2.24) is 0 Å². The van der Waals surface area contributed by atoms with Crippen LogP contribution < -0.4 is 0 Å². The Morgan fingerprint density at radius 1 is 1.27 bits per heavy atom. The minimum Gasteiger partial charge on any atom is -0.182 e. The van der Waals surface area contributed by atoms with Gasteiger partial charge in [0.05, 0.1) is 19.3 Å². The van der Waals surface area contributed by atoms with Gasteiger partial charge >= 0.3 is 0 Å². The van der Waals surface area contributed by atoms with Crippen molar-refractivity contribution in [3.05, 3.63) is 25.7 Å². The Bertz CT molecular complexity index is 280. The Morgan fingerprint density at radius 3 is 2.09 bits per heavy atom. The molecule has 0 unspecified atom stereocenters. The summed E-state index contributed by atoms with van der Waals surface area (Å²) in [5.74, 6) is 0. The van der Waals surface area contributed by atoms with E-state index < -0.39 is 0 Å². The van der Waals surface area contributed by atoms with Crippen LogP contribution in [0.2, 0.25) is 10.0 Å². The molecule has 58 valence electrons.